The van der Waals surface area contributed by atoms with Crippen LogP contribution in [-0.4, -0.2) is 29.0 Å². The Hall–Kier alpha value is -0.940. The third kappa shape index (κ3) is 3.26. The highest BCUT2D eigenvalue weighted by atomic mass is 79.9. The minimum absolute atomic E-state index is 0.150. The van der Waals surface area contributed by atoms with E-state index in [0.717, 1.165) is 30.4 Å². The number of carbonyl (C=O) groups excluding carboxylic acids is 1. The molecule has 1 heterocycles. The lowest BCUT2D eigenvalue weighted by Crippen LogP contribution is -2.41. The molecule has 3 nitrogen and oxygen atoms in total. The molecule has 0 unspecified atom stereocenters. The number of carbonyl (C=O) groups is 1. The first-order valence-corrected chi connectivity index (χ1v) is 6.73. The summed E-state index contributed by atoms with van der Waals surface area (Å²) >= 11 is 8.54. The van der Waals surface area contributed by atoms with E-state index in [-0.39, 0.29) is 5.91 Å². The number of benzene rings is 1. The van der Waals surface area contributed by atoms with E-state index in [1.807, 2.05) is 17.0 Å². The molecule has 1 aliphatic rings. The Morgan fingerprint density at radius 2 is 2.06 bits per heavy atom. The van der Waals surface area contributed by atoms with Gasteiger partial charge in [0.15, 0.2) is 5.11 Å². The van der Waals surface area contributed by atoms with Crippen molar-refractivity contribution in [3.05, 3.63) is 34.3 Å². The molecule has 1 aromatic rings. The summed E-state index contributed by atoms with van der Waals surface area (Å²) in [5.41, 5.74) is 0.612. The number of thiocarbonyl (C=S) groups is 1. The average Bonchev–Trinajstić information content (AvgIpc) is 2.82. The van der Waals surface area contributed by atoms with Crippen LogP contribution in [0.4, 0.5) is 0 Å². The van der Waals surface area contributed by atoms with Crippen LogP contribution in [0.1, 0.15) is 23.2 Å². The number of nitrogens with one attached hydrogen (secondary N) is 1. The molecule has 2 rings (SSSR count). The Morgan fingerprint density at radius 3 is 2.71 bits per heavy atom. The van der Waals surface area contributed by atoms with Gasteiger partial charge in [0.05, 0.1) is 0 Å². The molecule has 0 atom stereocenters. The van der Waals surface area contributed by atoms with E-state index >= 15 is 0 Å². The van der Waals surface area contributed by atoms with Crippen molar-refractivity contribution in [2.24, 2.45) is 0 Å². The number of nitrogens with zero attached hydrogens (tertiary/aromatic N) is 1. The van der Waals surface area contributed by atoms with Gasteiger partial charge >= 0.3 is 0 Å². The average molecular weight is 313 g/mol. The molecule has 0 saturated carbocycles. The van der Waals surface area contributed by atoms with Crippen molar-refractivity contribution < 1.29 is 4.79 Å². The van der Waals surface area contributed by atoms with E-state index in [2.05, 4.69) is 21.2 Å². The second-order valence-corrected chi connectivity index (χ2v) is 5.27. The summed E-state index contributed by atoms with van der Waals surface area (Å²) in [6, 6.07) is 7.27. The molecule has 1 N–H and O–H groups in total. The van der Waals surface area contributed by atoms with Gasteiger partial charge in [0.25, 0.3) is 5.91 Å². The van der Waals surface area contributed by atoms with E-state index in [9.17, 15) is 4.79 Å². The van der Waals surface area contributed by atoms with Gasteiger partial charge in [0.1, 0.15) is 0 Å². The Balaban J connectivity index is 1.99. The summed E-state index contributed by atoms with van der Waals surface area (Å²) in [5, 5.41) is 3.30. The number of likely N-dealkylation sites (tertiary alicyclic amines) is 1. The van der Waals surface area contributed by atoms with Crippen molar-refractivity contribution in [2.45, 2.75) is 12.8 Å². The standard InChI is InChI=1S/C12H13BrN2OS/c13-10-5-3-4-9(8-10)11(16)14-12(17)15-6-1-2-7-15/h3-5,8H,1-2,6-7H2,(H,14,16,17). The summed E-state index contributed by atoms with van der Waals surface area (Å²) in [5.74, 6) is -0.150. The van der Waals surface area contributed by atoms with Crippen LogP contribution in [-0.2, 0) is 0 Å². The summed E-state index contributed by atoms with van der Waals surface area (Å²) < 4.78 is 0.886. The maximum atomic E-state index is 11.9. The van der Waals surface area contributed by atoms with Crippen LogP contribution in [0.2, 0.25) is 0 Å². The van der Waals surface area contributed by atoms with Gasteiger partial charge in [-0.1, -0.05) is 22.0 Å². The SMILES string of the molecule is O=C(NC(=S)N1CCCC1)c1cccc(Br)c1. The van der Waals surface area contributed by atoms with Crippen LogP contribution in [0.25, 0.3) is 0 Å². The molecule has 0 radical (unpaired) electrons. The van der Waals surface area contributed by atoms with E-state index < -0.39 is 0 Å². The van der Waals surface area contributed by atoms with Crippen LogP contribution in [0.3, 0.4) is 0 Å². The molecule has 1 fully saturated rings. The van der Waals surface area contributed by atoms with E-state index in [4.69, 9.17) is 12.2 Å². The van der Waals surface area contributed by atoms with Gasteiger partial charge in [-0.05, 0) is 43.3 Å². The van der Waals surface area contributed by atoms with E-state index in [0.29, 0.717) is 10.7 Å². The number of rotatable bonds is 1. The highest BCUT2D eigenvalue weighted by molar-refractivity contribution is 9.10. The van der Waals surface area contributed by atoms with Crippen molar-refractivity contribution in [3.8, 4) is 0 Å². The van der Waals surface area contributed by atoms with Crippen molar-refractivity contribution in [2.75, 3.05) is 13.1 Å². The van der Waals surface area contributed by atoms with E-state index in [1.165, 1.54) is 0 Å². The Bertz CT molecular complexity index is 444. The van der Waals surface area contributed by atoms with Crippen LogP contribution in [0.15, 0.2) is 28.7 Å². The number of hydrogen-bond acceptors (Lipinski definition) is 2. The first-order chi connectivity index (χ1) is 8.16. The van der Waals surface area contributed by atoms with Crippen molar-refractivity contribution >= 4 is 39.2 Å². The zero-order valence-corrected chi connectivity index (χ0v) is 11.7. The highest BCUT2D eigenvalue weighted by Gasteiger charge is 2.17. The second-order valence-electron chi connectivity index (χ2n) is 3.96. The normalized spacial score (nSPS) is 14.8. The van der Waals surface area contributed by atoms with Crippen molar-refractivity contribution in [1.29, 1.82) is 0 Å². The zero-order valence-electron chi connectivity index (χ0n) is 9.28. The molecule has 0 aromatic heterocycles. The van der Waals surface area contributed by atoms with Gasteiger partial charge in [-0.25, -0.2) is 0 Å². The topological polar surface area (TPSA) is 32.3 Å². The smallest absolute Gasteiger partial charge is 0.257 e. The van der Waals surface area contributed by atoms with Crippen LogP contribution in [0, 0.1) is 0 Å². The number of hydrogen-bond donors (Lipinski definition) is 1. The molecule has 0 spiro atoms. The van der Waals surface area contributed by atoms with E-state index in [1.54, 1.807) is 12.1 Å². The van der Waals surface area contributed by atoms with Crippen molar-refractivity contribution in [3.63, 3.8) is 0 Å². The zero-order chi connectivity index (χ0) is 12.3. The lowest BCUT2D eigenvalue weighted by molar-refractivity contribution is 0.0974. The Kier molecular flexibility index (Phi) is 4.12. The third-order valence-corrected chi connectivity index (χ3v) is 3.55. The summed E-state index contributed by atoms with van der Waals surface area (Å²) in [6.45, 7) is 1.88. The summed E-state index contributed by atoms with van der Waals surface area (Å²) in [4.78, 5) is 14.0. The molecule has 1 amide bonds. The molecule has 5 heteroatoms. The number of amides is 1. The molecule has 1 saturated heterocycles. The molecule has 90 valence electrons. The first kappa shape index (κ1) is 12.5. The largest absolute Gasteiger partial charge is 0.349 e. The number of halogens is 1. The van der Waals surface area contributed by atoms with Gasteiger partial charge in [-0.2, -0.15) is 0 Å². The van der Waals surface area contributed by atoms with Gasteiger partial charge < -0.3 is 4.90 Å². The Labute approximate surface area is 114 Å². The van der Waals surface area contributed by atoms with Crippen molar-refractivity contribution in [1.82, 2.24) is 10.2 Å². The second kappa shape index (κ2) is 5.60. The molecular weight excluding hydrogens is 300 g/mol. The fourth-order valence-corrected chi connectivity index (χ4v) is 2.47. The lowest BCUT2D eigenvalue weighted by atomic mass is 10.2. The highest BCUT2D eigenvalue weighted by Crippen LogP contribution is 2.12. The quantitative estimate of drug-likeness (QED) is 0.809. The van der Waals surface area contributed by atoms with Gasteiger partial charge in [-0.3, -0.25) is 10.1 Å². The maximum absolute atomic E-state index is 11.9. The van der Waals surface area contributed by atoms with Crippen LogP contribution >= 0.6 is 28.1 Å². The van der Waals surface area contributed by atoms with Crippen LogP contribution < -0.4 is 5.32 Å². The summed E-state index contributed by atoms with van der Waals surface area (Å²) in [6.07, 6.45) is 2.29. The predicted molar refractivity (Wildman–Crippen MR) is 75.0 cm³/mol. The van der Waals surface area contributed by atoms with Gasteiger partial charge in [0, 0.05) is 23.1 Å². The molecule has 1 aliphatic heterocycles. The Morgan fingerprint density at radius 1 is 1.35 bits per heavy atom. The minimum atomic E-state index is -0.150. The molecule has 0 bridgehead atoms. The monoisotopic (exact) mass is 312 g/mol. The fraction of sp³-hybridized carbons (Fsp3) is 0.333. The predicted octanol–water partition coefficient (Wildman–Crippen LogP) is 2.56. The third-order valence-electron chi connectivity index (χ3n) is 2.70. The lowest BCUT2D eigenvalue weighted by Gasteiger charge is -2.18. The molecule has 1 aromatic carbocycles. The van der Waals surface area contributed by atoms with Crippen LogP contribution in [0.5, 0.6) is 0 Å². The molecular formula is C12H13BrN2OS. The minimum Gasteiger partial charge on any atom is -0.349 e. The maximum Gasteiger partial charge on any atom is 0.257 e. The van der Waals surface area contributed by atoms with Gasteiger partial charge in [-0.15, -0.1) is 0 Å². The molecule has 17 heavy (non-hydrogen) atoms. The summed E-state index contributed by atoms with van der Waals surface area (Å²) in [7, 11) is 0. The molecule has 0 aliphatic carbocycles. The van der Waals surface area contributed by atoms with Gasteiger partial charge in [0.2, 0.25) is 0 Å². The first-order valence-electron chi connectivity index (χ1n) is 5.52. The fourth-order valence-electron chi connectivity index (χ4n) is 1.80.